The molecule has 0 fully saturated rings. The van der Waals surface area contributed by atoms with Crippen LogP contribution in [0.15, 0.2) is 18.2 Å². The molecule has 0 bridgehead atoms. The molecule has 0 N–H and O–H groups in total. The normalized spacial score (nSPS) is 11.7. The zero-order valence-electron chi connectivity index (χ0n) is 10.2. The molecule has 0 saturated carbocycles. The number of nitriles is 1. The van der Waals surface area contributed by atoms with Crippen LogP contribution in [-0.2, 0) is 0 Å². The number of carbonyl (C=O) groups is 1. The van der Waals surface area contributed by atoms with E-state index >= 15 is 0 Å². The molecule has 1 amide bonds. The summed E-state index contributed by atoms with van der Waals surface area (Å²) in [7, 11) is 1.62. The van der Waals surface area contributed by atoms with E-state index in [1.165, 1.54) is 17.0 Å². The summed E-state index contributed by atoms with van der Waals surface area (Å²) >= 11 is 0. The van der Waals surface area contributed by atoms with Gasteiger partial charge in [-0.05, 0) is 37.6 Å². The van der Waals surface area contributed by atoms with E-state index in [1.807, 2.05) is 6.07 Å². The van der Waals surface area contributed by atoms with Crippen molar-refractivity contribution in [2.75, 3.05) is 7.05 Å². The standard InChI is InChI=1S/C13H15FN2O/c1-9-6-11(8-12(14)7-9)13(17)16(3)10(2)4-5-15/h6-8,10H,4H2,1-3H3. The highest BCUT2D eigenvalue weighted by Gasteiger charge is 2.17. The molecule has 3 nitrogen and oxygen atoms in total. The summed E-state index contributed by atoms with van der Waals surface area (Å²) in [5, 5.41) is 8.58. The summed E-state index contributed by atoms with van der Waals surface area (Å²) in [5.74, 6) is -0.690. The van der Waals surface area contributed by atoms with Crippen LogP contribution in [-0.4, -0.2) is 23.9 Å². The average Bonchev–Trinajstić information content (AvgIpc) is 2.26. The van der Waals surface area contributed by atoms with E-state index in [1.54, 1.807) is 27.0 Å². The largest absolute Gasteiger partial charge is 0.338 e. The van der Waals surface area contributed by atoms with Crippen molar-refractivity contribution in [3.63, 3.8) is 0 Å². The number of hydrogen-bond donors (Lipinski definition) is 0. The molecule has 1 unspecified atom stereocenters. The Morgan fingerprint density at radius 3 is 2.71 bits per heavy atom. The van der Waals surface area contributed by atoms with Crippen molar-refractivity contribution in [3.8, 4) is 6.07 Å². The molecule has 90 valence electrons. The molecule has 17 heavy (non-hydrogen) atoms. The van der Waals surface area contributed by atoms with E-state index in [9.17, 15) is 9.18 Å². The van der Waals surface area contributed by atoms with Gasteiger partial charge in [0.05, 0.1) is 12.5 Å². The minimum Gasteiger partial charge on any atom is -0.338 e. The minimum absolute atomic E-state index is 0.184. The molecule has 1 rings (SSSR count). The topological polar surface area (TPSA) is 44.1 Å². The lowest BCUT2D eigenvalue weighted by Gasteiger charge is -2.23. The van der Waals surface area contributed by atoms with Gasteiger partial charge in [0, 0.05) is 18.7 Å². The van der Waals surface area contributed by atoms with Gasteiger partial charge in [-0.1, -0.05) is 0 Å². The Kier molecular flexibility index (Phi) is 4.22. The van der Waals surface area contributed by atoms with E-state index in [0.29, 0.717) is 11.1 Å². The fourth-order valence-electron chi connectivity index (χ4n) is 1.53. The molecule has 4 heteroatoms. The van der Waals surface area contributed by atoms with Gasteiger partial charge in [0.2, 0.25) is 0 Å². The highest BCUT2D eigenvalue weighted by Crippen LogP contribution is 2.12. The Balaban J connectivity index is 2.93. The number of amides is 1. The van der Waals surface area contributed by atoms with Gasteiger partial charge >= 0.3 is 0 Å². The molecule has 0 aliphatic rings. The first-order valence-corrected chi connectivity index (χ1v) is 5.37. The van der Waals surface area contributed by atoms with Gasteiger partial charge in [-0.2, -0.15) is 5.26 Å². The molecule has 1 aromatic carbocycles. The summed E-state index contributed by atoms with van der Waals surface area (Å²) in [4.78, 5) is 13.5. The third kappa shape index (κ3) is 3.28. The van der Waals surface area contributed by atoms with Gasteiger partial charge in [-0.15, -0.1) is 0 Å². The first-order chi connectivity index (χ1) is 7.95. The van der Waals surface area contributed by atoms with Crippen LogP contribution in [0.3, 0.4) is 0 Å². The summed E-state index contributed by atoms with van der Waals surface area (Å²) in [5.41, 5.74) is 1.02. The van der Waals surface area contributed by atoms with Crippen molar-refractivity contribution in [3.05, 3.63) is 35.1 Å². The Morgan fingerprint density at radius 1 is 1.53 bits per heavy atom. The van der Waals surface area contributed by atoms with Crippen LogP contribution in [0.1, 0.15) is 29.3 Å². The molecule has 0 aromatic heterocycles. The maximum atomic E-state index is 13.2. The zero-order valence-corrected chi connectivity index (χ0v) is 10.2. The Hall–Kier alpha value is -1.89. The molecular weight excluding hydrogens is 219 g/mol. The first-order valence-electron chi connectivity index (χ1n) is 5.37. The highest BCUT2D eigenvalue weighted by molar-refractivity contribution is 5.94. The van der Waals surface area contributed by atoms with Crippen molar-refractivity contribution in [2.24, 2.45) is 0 Å². The van der Waals surface area contributed by atoms with Gasteiger partial charge in [0.25, 0.3) is 5.91 Å². The van der Waals surface area contributed by atoms with Crippen LogP contribution >= 0.6 is 0 Å². The quantitative estimate of drug-likeness (QED) is 0.806. The molecule has 0 radical (unpaired) electrons. The van der Waals surface area contributed by atoms with Crippen LogP contribution in [0.5, 0.6) is 0 Å². The van der Waals surface area contributed by atoms with Crippen LogP contribution < -0.4 is 0 Å². The van der Waals surface area contributed by atoms with Crippen molar-refractivity contribution >= 4 is 5.91 Å². The first kappa shape index (κ1) is 13.2. The zero-order chi connectivity index (χ0) is 13.0. The van der Waals surface area contributed by atoms with E-state index in [4.69, 9.17) is 5.26 Å². The number of halogens is 1. The fraction of sp³-hybridized carbons (Fsp3) is 0.385. The lowest BCUT2D eigenvalue weighted by molar-refractivity contribution is 0.0745. The molecule has 0 saturated heterocycles. The maximum Gasteiger partial charge on any atom is 0.253 e. The van der Waals surface area contributed by atoms with Crippen LogP contribution in [0.25, 0.3) is 0 Å². The van der Waals surface area contributed by atoms with Crippen molar-refractivity contribution in [1.29, 1.82) is 5.26 Å². The average molecular weight is 234 g/mol. The Labute approximate surface area is 100 Å². The smallest absolute Gasteiger partial charge is 0.253 e. The van der Waals surface area contributed by atoms with Gasteiger partial charge in [-0.25, -0.2) is 4.39 Å². The highest BCUT2D eigenvalue weighted by atomic mass is 19.1. The summed E-state index contributed by atoms with van der Waals surface area (Å²) in [6, 6.07) is 6.05. The predicted molar refractivity (Wildman–Crippen MR) is 62.9 cm³/mol. The van der Waals surface area contributed by atoms with E-state index in [2.05, 4.69) is 0 Å². The monoisotopic (exact) mass is 234 g/mol. The molecule has 0 aliphatic heterocycles. The van der Waals surface area contributed by atoms with Gasteiger partial charge in [-0.3, -0.25) is 4.79 Å². The van der Waals surface area contributed by atoms with Crippen molar-refractivity contribution in [2.45, 2.75) is 26.3 Å². The molecule has 0 heterocycles. The molecule has 1 aromatic rings. The number of carbonyl (C=O) groups excluding carboxylic acids is 1. The Bertz CT molecular complexity index is 445. The third-order valence-corrected chi connectivity index (χ3v) is 2.66. The lowest BCUT2D eigenvalue weighted by Crippen LogP contribution is -2.34. The fourth-order valence-corrected chi connectivity index (χ4v) is 1.53. The second-order valence-electron chi connectivity index (χ2n) is 4.14. The number of aryl methyl sites for hydroxylation is 1. The minimum atomic E-state index is -0.422. The summed E-state index contributed by atoms with van der Waals surface area (Å²) in [6.07, 6.45) is 0.260. The van der Waals surface area contributed by atoms with Gasteiger partial charge in [0.1, 0.15) is 5.82 Å². The SMILES string of the molecule is Cc1cc(F)cc(C(=O)N(C)C(C)CC#N)c1. The van der Waals surface area contributed by atoms with E-state index in [0.717, 1.165) is 0 Å². The molecule has 0 spiro atoms. The van der Waals surface area contributed by atoms with E-state index < -0.39 is 5.82 Å². The van der Waals surface area contributed by atoms with Crippen LogP contribution in [0.4, 0.5) is 4.39 Å². The van der Waals surface area contributed by atoms with Crippen molar-refractivity contribution < 1.29 is 9.18 Å². The van der Waals surface area contributed by atoms with Crippen molar-refractivity contribution in [1.82, 2.24) is 4.90 Å². The maximum absolute atomic E-state index is 13.2. The molecule has 1 atom stereocenters. The number of hydrogen-bond acceptors (Lipinski definition) is 2. The predicted octanol–water partition coefficient (Wildman–Crippen LogP) is 2.51. The molecule has 0 aliphatic carbocycles. The van der Waals surface area contributed by atoms with Crippen LogP contribution in [0, 0.1) is 24.1 Å². The molecular formula is C13H15FN2O. The summed E-state index contributed by atoms with van der Waals surface area (Å²) in [6.45, 7) is 3.52. The third-order valence-electron chi connectivity index (χ3n) is 2.66. The lowest BCUT2D eigenvalue weighted by atomic mass is 10.1. The second kappa shape index (κ2) is 5.44. The van der Waals surface area contributed by atoms with Gasteiger partial charge in [0.15, 0.2) is 0 Å². The number of benzene rings is 1. The number of nitrogens with zero attached hydrogens (tertiary/aromatic N) is 2. The van der Waals surface area contributed by atoms with Crippen LogP contribution in [0.2, 0.25) is 0 Å². The summed E-state index contributed by atoms with van der Waals surface area (Å²) < 4.78 is 13.2. The number of rotatable bonds is 3. The Morgan fingerprint density at radius 2 is 2.18 bits per heavy atom. The van der Waals surface area contributed by atoms with E-state index in [-0.39, 0.29) is 18.4 Å². The van der Waals surface area contributed by atoms with Gasteiger partial charge < -0.3 is 4.90 Å². The second-order valence-corrected chi connectivity index (χ2v) is 4.14.